The predicted molar refractivity (Wildman–Crippen MR) is 98.6 cm³/mol. The minimum Gasteiger partial charge on any atom is -0.506 e. The quantitative estimate of drug-likeness (QED) is 0.496. The topological polar surface area (TPSA) is 64.5 Å². The summed E-state index contributed by atoms with van der Waals surface area (Å²) in [5.74, 6) is -0.130. The van der Waals surface area contributed by atoms with Crippen molar-refractivity contribution in [3.8, 4) is 5.75 Å². The summed E-state index contributed by atoms with van der Waals surface area (Å²) < 4.78 is 0. The molecule has 0 radical (unpaired) electrons. The summed E-state index contributed by atoms with van der Waals surface area (Å²) in [6.07, 6.45) is 2.77. The number of nitrogens with one attached hydrogen (secondary N) is 2. The minimum atomic E-state index is -0.839. The Bertz CT molecular complexity index is 718. The summed E-state index contributed by atoms with van der Waals surface area (Å²) in [7, 11) is 0. The lowest BCUT2D eigenvalue weighted by atomic mass is 10.1. The van der Waals surface area contributed by atoms with Crippen molar-refractivity contribution in [2.75, 3.05) is 5.32 Å². The van der Waals surface area contributed by atoms with Crippen LogP contribution in [0.3, 0.4) is 0 Å². The molecule has 1 atom stereocenters. The second-order valence-electron chi connectivity index (χ2n) is 4.91. The fraction of sp³-hybridized carbons (Fsp3) is 0.118. The van der Waals surface area contributed by atoms with Gasteiger partial charge in [-0.25, -0.2) is 0 Å². The Morgan fingerprint density at radius 2 is 1.96 bits per heavy atom. The number of aliphatic hydroxyl groups is 1. The summed E-state index contributed by atoms with van der Waals surface area (Å²) in [6.45, 7) is 1.55. The highest BCUT2D eigenvalue weighted by molar-refractivity contribution is 7.80. The minimum absolute atomic E-state index is 0.130. The van der Waals surface area contributed by atoms with Crippen LogP contribution in [0.4, 0.5) is 5.69 Å². The fourth-order valence-electron chi connectivity index (χ4n) is 1.96. The first kappa shape index (κ1) is 17.3. The first-order valence-electron chi connectivity index (χ1n) is 6.97. The van der Waals surface area contributed by atoms with Crippen molar-refractivity contribution >= 4 is 40.7 Å². The molecule has 0 aliphatic heterocycles. The highest BCUT2D eigenvalue weighted by Gasteiger charge is 2.13. The van der Waals surface area contributed by atoms with Gasteiger partial charge in [-0.15, -0.1) is 0 Å². The first-order valence-corrected chi connectivity index (χ1v) is 7.75. The molecule has 0 saturated heterocycles. The zero-order chi connectivity index (χ0) is 16.8. The highest BCUT2D eigenvalue weighted by atomic mass is 35.5. The third-order valence-corrected chi connectivity index (χ3v) is 3.60. The van der Waals surface area contributed by atoms with Crippen molar-refractivity contribution in [2.24, 2.45) is 0 Å². The maximum atomic E-state index is 9.81. The van der Waals surface area contributed by atoms with Crippen LogP contribution in [0.1, 0.15) is 24.2 Å². The number of hydrogen-bond donors (Lipinski definition) is 4. The molecule has 0 bridgehead atoms. The van der Waals surface area contributed by atoms with Gasteiger partial charge in [0.2, 0.25) is 0 Å². The summed E-state index contributed by atoms with van der Waals surface area (Å²) in [5, 5.41) is 25.9. The van der Waals surface area contributed by atoms with Crippen LogP contribution in [0.25, 0.3) is 6.08 Å². The van der Waals surface area contributed by atoms with Crippen molar-refractivity contribution in [3.63, 3.8) is 0 Å². The van der Waals surface area contributed by atoms with Crippen LogP contribution in [-0.4, -0.2) is 15.3 Å². The third-order valence-electron chi connectivity index (χ3n) is 3.09. The van der Waals surface area contributed by atoms with Gasteiger partial charge in [-0.3, -0.25) is 0 Å². The Morgan fingerprint density at radius 1 is 1.26 bits per heavy atom. The molecule has 0 aliphatic rings. The lowest BCUT2D eigenvalue weighted by Gasteiger charge is -2.13. The van der Waals surface area contributed by atoms with E-state index in [4.69, 9.17) is 23.8 Å². The molecule has 2 rings (SSSR count). The maximum absolute atomic E-state index is 9.81. The Labute approximate surface area is 145 Å². The zero-order valence-corrected chi connectivity index (χ0v) is 14.0. The monoisotopic (exact) mass is 348 g/mol. The largest absolute Gasteiger partial charge is 0.506 e. The van der Waals surface area contributed by atoms with E-state index >= 15 is 0 Å². The molecule has 6 heteroatoms. The number of hydrogen-bond acceptors (Lipinski definition) is 3. The fourth-order valence-corrected chi connectivity index (χ4v) is 2.37. The number of phenolic OH excluding ortho intramolecular Hbond substituents is 1. The number of thiocarbonyl (C=S) groups is 1. The first-order chi connectivity index (χ1) is 11.0. The van der Waals surface area contributed by atoms with E-state index in [1.165, 1.54) is 6.07 Å². The number of aromatic hydroxyl groups is 1. The summed E-state index contributed by atoms with van der Waals surface area (Å²) in [6, 6.07) is 12.9. The van der Waals surface area contributed by atoms with Crippen LogP contribution >= 0.6 is 23.8 Å². The van der Waals surface area contributed by atoms with Crippen molar-refractivity contribution in [1.29, 1.82) is 0 Å². The standard InChI is InChI=1S/C17H17ClN2O2S/c1-11(21)14-9-13(10-15(18)16(14)22)20-17(23)19-8-7-12-5-3-2-4-6-12/h2-11,21-22H,1H3,(H2,19,20,23). The molecule has 1 unspecified atom stereocenters. The zero-order valence-electron chi connectivity index (χ0n) is 12.5. The van der Waals surface area contributed by atoms with Gasteiger partial charge < -0.3 is 20.8 Å². The molecule has 0 saturated carbocycles. The summed E-state index contributed by atoms with van der Waals surface area (Å²) in [4.78, 5) is 0. The highest BCUT2D eigenvalue weighted by Crippen LogP contribution is 2.34. The molecule has 0 amide bonds. The Balaban J connectivity index is 2.02. The van der Waals surface area contributed by atoms with Gasteiger partial charge in [0.25, 0.3) is 0 Å². The number of benzene rings is 2. The lowest BCUT2D eigenvalue weighted by molar-refractivity contribution is 0.195. The van der Waals surface area contributed by atoms with E-state index < -0.39 is 6.10 Å². The average molecular weight is 349 g/mol. The van der Waals surface area contributed by atoms with Crippen LogP contribution < -0.4 is 10.6 Å². The normalized spacial score (nSPS) is 12.1. The maximum Gasteiger partial charge on any atom is 0.174 e. The van der Waals surface area contributed by atoms with E-state index in [2.05, 4.69) is 10.6 Å². The molecular formula is C17H17ClN2O2S. The van der Waals surface area contributed by atoms with Gasteiger partial charge in [-0.1, -0.05) is 41.9 Å². The van der Waals surface area contributed by atoms with Gasteiger partial charge in [0.05, 0.1) is 11.1 Å². The molecule has 0 fully saturated rings. The van der Waals surface area contributed by atoms with E-state index in [1.807, 2.05) is 36.4 Å². The Morgan fingerprint density at radius 3 is 2.61 bits per heavy atom. The molecule has 0 aromatic heterocycles. The average Bonchev–Trinajstić information content (AvgIpc) is 2.51. The number of aliphatic hydroxyl groups excluding tert-OH is 1. The van der Waals surface area contributed by atoms with Gasteiger partial charge in [-0.2, -0.15) is 0 Å². The molecule has 4 N–H and O–H groups in total. The van der Waals surface area contributed by atoms with Gasteiger partial charge in [-0.05, 0) is 42.9 Å². The molecule has 0 spiro atoms. The van der Waals surface area contributed by atoms with Crippen LogP contribution in [-0.2, 0) is 0 Å². The van der Waals surface area contributed by atoms with Crippen LogP contribution in [0, 0.1) is 0 Å². The van der Waals surface area contributed by atoms with Gasteiger partial charge in [0.15, 0.2) is 5.11 Å². The lowest BCUT2D eigenvalue weighted by Crippen LogP contribution is -2.23. The van der Waals surface area contributed by atoms with E-state index in [0.29, 0.717) is 16.4 Å². The van der Waals surface area contributed by atoms with Crippen molar-refractivity contribution in [3.05, 3.63) is 64.8 Å². The van der Waals surface area contributed by atoms with Crippen molar-refractivity contribution in [2.45, 2.75) is 13.0 Å². The van der Waals surface area contributed by atoms with Gasteiger partial charge >= 0.3 is 0 Å². The molecule has 120 valence electrons. The number of phenols is 1. The molecule has 2 aromatic carbocycles. The van der Waals surface area contributed by atoms with Crippen LogP contribution in [0.2, 0.25) is 5.02 Å². The number of halogens is 1. The second kappa shape index (κ2) is 7.97. The molecule has 2 aromatic rings. The Hall–Kier alpha value is -2.08. The molecule has 0 aliphatic carbocycles. The van der Waals surface area contributed by atoms with Crippen LogP contribution in [0.15, 0.2) is 48.7 Å². The van der Waals surface area contributed by atoms with E-state index in [9.17, 15) is 10.2 Å². The predicted octanol–water partition coefficient (Wildman–Crippen LogP) is 4.06. The number of rotatable bonds is 4. The van der Waals surface area contributed by atoms with E-state index in [1.54, 1.807) is 19.2 Å². The van der Waals surface area contributed by atoms with Crippen LogP contribution in [0.5, 0.6) is 5.75 Å². The smallest absolute Gasteiger partial charge is 0.174 e. The van der Waals surface area contributed by atoms with Gasteiger partial charge in [0, 0.05) is 17.5 Å². The molecule has 23 heavy (non-hydrogen) atoms. The van der Waals surface area contributed by atoms with E-state index in [-0.39, 0.29) is 10.8 Å². The van der Waals surface area contributed by atoms with Crippen molar-refractivity contribution in [1.82, 2.24) is 5.32 Å². The molecule has 0 heterocycles. The van der Waals surface area contributed by atoms with E-state index in [0.717, 1.165) is 5.56 Å². The molecular weight excluding hydrogens is 332 g/mol. The summed E-state index contributed by atoms with van der Waals surface area (Å²) in [5.41, 5.74) is 1.96. The second-order valence-corrected chi connectivity index (χ2v) is 5.73. The number of anilines is 1. The summed E-state index contributed by atoms with van der Waals surface area (Å²) >= 11 is 11.1. The molecule has 4 nitrogen and oxygen atoms in total. The third kappa shape index (κ3) is 4.96. The Kier molecular flexibility index (Phi) is 5.98. The SMILES string of the molecule is CC(O)c1cc(NC(=S)NC=Cc2ccccc2)cc(Cl)c1O. The van der Waals surface area contributed by atoms with Gasteiger partial charge in [0.1, 0.15) is 5.75 Å². The van der Waals surface area contributed by atoms with Crippen molar-refractivity contribution < 1.29 is 10.2 Å².